The van der Waals surface area contributed by atoms with Crippen LogP contribution in [-0.4, -0.2) is 25.7 Å². The van der Waals surface area contributed by atoms with Gasteiger partial charge in [-0.05, 0) is 24.3 Å². The average Bonchev–Trinajstić information content (AvgIpc) is 3.27. The Bertz CT molecular complexity index is 1080. The Morgan fingerprint density at radius 2 is 2.00 bits per heavy atom. The summed E-state index contributed by atoms with van der Waals surface area (Å²) in [6.45, 7) is 0. The van der Waals surface area contributed by atoms with Gasteiger partial charge in [0.2, 0.25) is 5.91 Å². The van der Waals surface area contributed by atoms with Crippen LogP contribution in [0.2, 0.25) is 0 Å². The van der Waals surface area contributed by atoms with Crippen LogP contribution in [0.25, 0.3) is 33.9 Å². The first-order valence-corrected chi connectivity index (χ1v) is 7.76. The lowest BCUT2D eigenvalue weighted by atomic mass is 10.1. The second-order valence-corrected chi connectivity index (χ2v) is 5.61. The Labute approximate surface area is 143 Å². The number of aromatic nitrogens is 4. The summed E-state index contributed by atoms with van der Waals surface area (Å²) in [5.74, 6) is -0.484. The number of hydrogen-bond donors (Lipinski definition) is 2. The van der Waals surface area contributed by atoms with Crippen molar-refractivity contribution in [2.75, 3.05) is 0 Å². The van der Waals surface area contributed by atoms with E-state index in [-0.39, 0.29) is 0 Å². The molecule has 6 nitrogen and oxygen atoms in total. The molecule has 0 unspecified atom stereocenters. The molecule has 3 heterocycles. The fourth-order valence-corrected chi connectivity index (χ4v) is 2.69. The number of nitrogens with one attached hydrogen (secondary N) is 1. The molecule has 0 aliphatic heterocycles. The van der Waals surface area contributed by atoms with E-state index in [4.69, 9.17) is 5.73 Å². The van der Waals surface area contributed by atoms with Crippen molar-refractivity contribution in [2.24, 2.45) is 5.73 Å². The number of carbonyl (C=O) groups is 1. The molecule has 0 bridgehead atoms. The number of aromatic amines is 1. The van der Waals surface area contributed by atoms with Crippen molar-refractivity contribution in [1.29, 1.82) is 0 Å². The van der Waals surface area contributed by atoms with Crippen molar-refractivity contribution in [3.05, 3.63) is 72.8 Å². The van der Waals surface area contributed by atoms with Gasteiger partial charge in [-0.15, -0.1) is 0 Å². The molecular weight excluding hydrogens is 314 g/mol. The van der Waals surface area contributed by atoms with E-state index in [1.54, 1.807) is 24.7 Å². The maximum Gasteiger partial charge on any atom is 0.241 e. The highest BCUT2D eigenvalue weighted by molar-refractivity contribution is 5.95. The zero-order valence-electron chi connectivity index (χ0n) is 13.3. The van der Waals surface area contributed by atoms with E-state index < -0.39 is 5.91 Å². The van der Waals surface area contributed by atoms with Crippen LogP contribution >= 0.6 is 0 Å². The molecule has 0 saturated heterocycles. The highest BCUT2D eigenvalue weighted by Crippen LogP contribution is 2.25. The fraction of sp³-hybridized carbons (Fsp3) is 0. The summed E-state index contributed by atoms with van der Waals surface area (Å²) in [4.78, 5) is 18.5. The number of fused-ring (bicyclic) bond motifs is 1. The Hall–Kier alpha value is -3.67. The molecule has 4 rings (SSSR count). The Balaban J connectivity index is 1.73. The van der Waals surface area contributed by atoms with Crippen molar-refractivity contribution in [3.8, 4) is 16.8 Å². The van der Waals surface area contributed by atoms with Gasteiger partial charge in [0.25, 0.3) is 0 Å². The maximum atomic E-state index is 11.0. The number of hydrogen-bond acceptors (Lipinski definition) is 3. The summed E-state index contributed by atoms with van der Waals surface area (Å²) in [6.07, 6.45) is 10.4. The second-order valence-electron chi connectivity index (χ2n) is 5.61. The number of nitrogens with zero attached hydrogens (tertiary/aromatic N) is 3. The van der Waals surface area contributed by atoms with Gasteiger partial charge in [-0.2, -0.15) is 5.10 Å². The SMILES string of the molecule is NC(=O)/C=C/c1c[nH]c2ncc(-c3cnn(-c4ccccc4)c3)cc12. The predicted molar refractivity (Wildman–Crippen MR) is 96.9 cm³/mol. The molecule has 3 N–H and O–H groups in total. The van der Waals surface area contributed by atoms with E-state index in [2.05, 4.69) is 15.1 Å². The normalized spacial score (nSPS) is 11.4. The van der Waals surface area contributed by atoms with Gasteiger partial charge in [-0.3, -0.25) is 4.79 Å². The second kappa shape index (κ2) is 6.09. The van der Waals surface area contributed by atoms with Gasteiger partial charge in [-0.1, -0.05) is 18.2 Å². The van der Waals surface area contributed by atoms with Crippen LogP contribution < -0.4 is 5.73 Å². The number of rotatable bonds is 4. The van der Waals surface area contributed by atoms with E-state index in [0.29, 0.717) is 0 Å². The van der Waals surface area contributed by atoms with Crippen LogP contribution in [0.15, 0.2) is 67.3 Å². The molecule has 0 saturated carbocycles. The minimum absolute atomic E-state index is 0.484. The highest BCUT2D eigenvalue weighted by Gasteiger charge is 2.08. The third-order valence-electron chi connectivity index (χ3n) is 3.93. The van der Waals surface area contributed by atoms with Crippen LogP contribution in [-0.2, 0) is 4.79 Å². The van der Waals surface area contributed by atoms with Crippen LogP contribution in [0.3, 0.4) is 0 Å². The summed E-state index contributed by atoms with van der Waals surface area (Å²) in [7, 11) is 0. The molecule has 0 radical (unpaired) electrons. The van der Waals surface area contributed by atoms with Gasteiger partial charge in [0.1, 0.15) is 5.65 Å². The number of benzene rings is 1. The molecule has 1 amide bonds. The summed E-state index contributed by atoms with van der Waals surface area (Å²) in [5, 5.41) is 5.34. The van der Waals surface area contributed by atoms with Crippen LogP contribution in [0, 0.1) is 0 Å². The Morgan fingerprint density at radius 1 is 1.16 bits per heavy atom. The highest BCUT2D eigenvalue weighted by atomic mass is 16.1. The van der Waals surface area contributed by atoms with E-state index in [1.165, 1.54) is 6.08 Å². The molecular formula is C19H15N5O. The van der Waals surface area contributed by atoms with Gasteiger partial charge >= 0.3 is 0 Å². The zero-order valence-corrected chi connectivity index (χ0v) is 13.3. The summed E-state index contributed by atoms with van der Waals surface area (Å²) < 4.78 is 1.82. The van der Waals surface area contributed by atoms with Gasteiger partial charge in [0.15, 0.2) is 0 Å². The Morgan fingerprint density at radius 3 is 2.80 bits per heavy atom. The van der Waals surface area contributed by atoms with Crippen molar-refractivity contribution in [3.63, 3.8) is 0 Å². The maximum absolute atomic E-state index is 11.0. The molecule has 25 heavy (non-hydrogen) atoms. The van der Waals surface area contributed by atoms with E-state index in [1.807, 2.05) is 47.3 Å². The number of amides is 1. The first kappa shape index (κ1) is 14.9. The van der Waals surface area contributed by atoms with Crippen molar-refractivity contribution in [2.45, 2.75) is 0 Å². The van der Waals surface area contributed by atoms with Gasteiger partial charge < -0.3 is 10.7 Å². The molecule has 1 aromatic carbocycles. The fourth-order valence-electron chi connectivity index (χ4n) is 2.69. The first-order chi connectivity index (χ1) is 12.2. The van der Waals surface area contributed by atoms with Gasteiger partial charge in [0, 0.05) is 46.7 Å². The lowest BCUT2D eigenvalue weighted by Gasteiger charge is -2.00. The third kappa shape index (κ3) is 2.92. The number of para-hydroxylation sites is 1. The van der Waals surface area contributed by atoms with E-state index in [9.17, 15) is 4.79 Å². The van der Waals surface area contributed by atoms with Gasteiger partial charge in [-0.25, -0.2) is 9.67 Å². The van der Waals surface area contributed by atoms with Crippen LogP contribution in [0.4, 0.5) is 0 Å². The Kier molecular flexibility index (Phi) is 3.63. The molecule has 0 aliphatic carbocycles. The standard InChI is InChI=1S/C19H15N5O/c20-18(25)7-6-13-9-21-19-17(13)8-14(10-22-19)15-11-23-24(12-15)16-4-2-1-3-5-16/h1-12H,(H2,20,25)(H,21,22)/b7-6+. The molecule has 0 fully saturated rings. The number of H-pyrrole nitrogens is 1. The molecule has 6 heteroatoms. The van der Waals surface area contributed by atoms with Crippen molar-refractivity contribution >= 4 is 23.0 Å². The lowest BCUT2D eigenvalue weighted by molar-refractivity contribution is -0.113. The summed E-state index contributed by atoms with van der Waals surface area (Å²) in [6, 6.07) is 11.9. The van der Waals surface area contributed by atoms with Crippen LogP contribution in [0.5, 0.6) is 0 Å². The van der Waals surface area contributed by atoms with Crippen LogP contribution in [0.1, 0.15) is 5.56 Å². The minimum Gasteiger partial charge on any atom is -0.366 e. The molecule has 122 valence electrons. The van der Waals surface area contributed by atoms with Crippen molar-refractivity contribution in [1.82, 2.24) is 19.7 Å². The molecule has 0 aliphatic rings. The average molecular weight is 329 g/mol. The monoisotopic (exact) mass is 329 g/mol. The smallest absolute Gasteiger partial charge is 0.241 e. The molecule has 0 atom stereocenters. The van der Waals surface area contributed by atoms with E-state index >= 15 is 0 Å². The number of carbonyl (C=O) groups excluding carboxylic acids is 1. The zero-order chi connectivity index (χ0) is 17.2. The summed E-state index contributed by atoms with van der Waals surface area (Å²) >= 11 is 0. The van der Waals surface area contributed by atoms with E-state index in [0.717, 1.165) is 33.4 Å². The largest absolute Gasteiger partial charge is 0.366 e. The topological polar surface area (TPSA) is 89.6 Å². The minimum atomic E-state index is -0.484. The summed E-state index contributed by atoms with van der Waals surface area (Å²) in [5.41, 5.74) is 9.69. The van der Waals surface area contributed by atoms with Gasteiger partial charge in [0.05, 0.1) is 11.9 Å². The predicted octanol–water partition coefficient (Wildman–Crippen LogP) is 2.91. The quantitative estimate of drug-likeness (QED) is 0.564. The molecule has 4 aromatic rings. The molecule has 3 aromatic heterocycles. The number of primary amides is 1. The number of pyridine rings is 1. The van der Waals surface area contributed by atoms with Crippen molar-refractivity contribution < 1.29 is 4.79 Å². The molecule has 0 spiro atoms. The lowest BCUT2D eigenvalue weighted by Crippen LogP contribution is -2.04. The first-order valence-electron chi connectivity index (χ1n) is 7.76. The third-order valence-corrected chi connectivity index (χ3v) is 3.93. The number of nitrogens with two attached hydrogens (primary N) is 1.